The third-order valence-electron chi connectivity index (χ3n) is 4.20. The molecule has 0 aliphatic carbocycles. The van der Waals surface area contributed by atoms with Crippen molar-refractivity contribution in [2.75, 3.05) is 19.5 Å². The smallest absolute Gasteiger partial charge is 0.250 e. The van der Waals surface area contributed by atoms with Crippen molar-refractivity contribution in [3.8, 4) is 11.5 Å². The van der Waals surface area contributed by atoms with E-state index < -0.39 is 0 Å². The Kier molecular flexibility index (Phi) is 5.82. The van der Waals surface area contributed by atoms with E-state index in [0.717, 1.165) is 25.8 Å². The van der Waals surface area contributed by atoms with Crippen LogP contribution in [0.15, 0.2) is 34.8 Å². The van der Waals surface area contributed by atoms with Crippen molar-refractivity contribution < 1.29 is 14.3 Å². The molecule has 0 spiro atoms. The number of ether oxygens (including phenoxy) is 2. The average molecular weight is 447 g/mol. The topological polar surface area (TPSA) is 60.5 Å². The summed E-state index contributed by atoms with van der Waals surface area (Å²) in [4.78, 5) is 16.8. The molecule has 0 aliphatic rings. The summed E-state index contributed by atoms with van der Waals surface area (Å²) in [6.45, 7) is 4.09. The summed E-state index contributed by atoms with van der Waals surface area (Å²) in [6.07, 6.45) is 3.18. The molecule has 0 bridgehead atoms. The molecule has 3 aromatic rings. The van der Waals surface area contributed by atoms with Crippen molar-refractivity contribution in [1.82, 2.24) is 4.98 Å². The zero-order valence-electron chi connectivity index (χ0n) is 15.4. The van der Waals surface area contributed by atoms with Crippen LogP contribution in [-0.2, 0) is 4.79 Å². The van der Waals surface area contributed by atoms with Gasteiger partial charge in [-0.15, -0.1) is 0 Å². The van der Waals surface area contributed by atoms with Gasteiger partial charge in [0.05, 0.1) is 28.9 Å². The molecule has 2 aromatic carbocycles. The Balaban J connectivity index is 1.78. The Morgan fingerprint density at radius 1 is 1.22 bits per heavy atom. The summed E-state index contributed by atoms with van der Waals surface area (Å²) in [5, 5.41) is 3.41. The maximum absolute atomic E-state index is 12.3. The van der Waals surface area contributed by atoms with Crippen LogP contribution in [0.3, 0.4) is 0 Å². The number of benzene rings is 2. The second-order valence-electron chi connectivity index (χ2n) is 5.93. The molecule has 1 amide bonds. The Morgan fingerprint density at radius 3 is 2.70 bits per heavy atom. The van der Waals surface area contributed by atoms with Gasteiger partial charge in [-0.05, 0) is 70.7 Å². The molecule has 0 radical (unpaired) electrons. The molecule has 5 nitrogen and oxygen atoms in total. The van der Waals surface area contributed by atoms with Crippen LogP contribution in [-0.4, -0.2) is 25.1 Å². The Morgan fingerprint density at radius 2 is 2.00 bits per heavy atom. The van der Waals surface area contributed by atoms with Gasteiger partial charge in [-0.1, -0.05) is 17.4 Å². The molecule has 140 valence electrons. The number of anilines is 1. The first kappa shape index (κ1) is 19.4. The van der Waals surface area contributed by atoms with E-state index >= 15 is 0 Å². The SMILES string of the molecule is COc1cc(/C=C/C(=O)Nc2nc3c(C)c(C)ccc3s2)cc(Br)c1OC. The van der Waals surface area contributed by atoms with Crippen molar-refractivity contribution in [2.24, 2.45) is 0 Å². The number of thiazole rings is 1. The maximum Gasteiger partial charge on any atom is 0.250 e. The van der Waals surface area contributed by atoms with E-state index in [4.69, 9.17) is 9.47 Å². The van der Waals surface area contributed by atoms with Crippen LogP contribution in [0.1, 0.15) is 16.7 Å². The number of carbonyl (C=O) groups excluding carboxylic acids is 1. The number of hydrogen-bond donors (Lipinski definition) is 1. The highest BCUT2D eigenvalue weighted by Gasteiger charge is 2.11. The van der Waals surface area contributed by atoms with Gasteiger partial charge in [0.2, 0.25) is 5.91 Å². The number of amides is 1. The minimum Gasteiger partial charge on any atom is -0.493 e. The van der Waals surface area contributed by atoms with Gasteiger partial charge in [-0.2, -0.15) is 0 Å². The molecule has 27 heavy (non-hydrogen) atoms. The summed E-state index contributed by atoms with van der Waals surface area (Å²) < 4.78 is 12.4. The second kappa shape index (κ2) is 8.10. The Labute approximate surface area is 170 Å². The first-order valence-corrected chi connectivity index (χ1v) is 9.81. The average Bonchev–Trinajstić information content (AvgIpc) is 3.05. The van der Waals surface area contributed by atoms with E-state index in [1.54, 1.807) is 26.4 Å². The van der Waals surface area contributed by atoms with E-state index in [1.165, 1.54) is 23.0 Å². The van der Waals surface area contributed by atoms with Crippen LogP contribution in [0.25, 0.3) is 16.3 Å². The lowest BCUT2D eigenvalue weighted by atomic mass is 10.1. The summed E-state index contributed by atoms with van der Waals surface area (Å²) in [5.74, 6) is 0.956. The van der Waals surface area contributed by atoms with Gasteiger partial charge in [-0.25, -0.2) is 4.98 Å². The lowest BCUT2D eigenvalue weighted by Gasteiger charge is -2.10. The quantitative estimate of drug-likeness (QED) is 0.536. The largest absolute Gasteiger partial charge is 0.493 e. The molecule has 0 saturated heterocycles. The molecule has 0 atom stereocenters. The maximum atomic E-state index is 12.3. The minimum absolute atomic E-state index is 0.241. The normalized spacial score (nSPS) is 11.1. The summed E-state index contributed by atoms with van der Waals surface area (Å²) in [6, 6.07) is 7.75. The number of carbonyl (C=O) groups is 1. The predicted octanol–water partition coefficient (Wildman–Crippen LogP) is 5.34. The molecule has 1 N–H and O–H groups in total. The van der Waals surface area contributed by atoms with Crippen molar-refractivity contribution in [3.05, 3.63) is 51.5 Å². The molecule has 1 aromatic heterocycles. The molecule has 1 heterocycles. The first-order chi connectivity index (χ1) is 12.9. The van der Waals surface area contributed by atoms with Crippen molar-refractivity contribution >= 4 is 54.6 Å². The predicted molar refractivity (Wildman–Crippen MR) is 114 cm³/mol. The summed E-state index contributed by atoms with van der Waals surface area (Å²) in [5.41, 5.74) is 4.06. The number of rotatable bonds is 5. The number of hydrogen-bond acceptors (Lipinski definition) is 5. The van der Waals surface area contributed by atoms with E-state index in [2.05, 4.69) is 39.2 Å². The molecule has 0 fully saturated rings. The van der Waals surface area contributed by atoms with Gasteiger partial charge in [0.15, 0.2) is 16.6 Å². The highest BCUT2D eigenvalue weighted by molar-refractivity contribution is 9.10. The van der Waals surface area contributed by atoms with E-state index in [1.807, 2.05) is 19.1 Å². The van der Waals surface area contributed by atoms with Crippen molar-refractivity contribution in [3.63, 3.8) is 0 Å². The van der Waals surface area contributed by atoms with Crippen LogP contribution in [0, 0.1) is 13.8 Å². The highest BCUT2D eigenvalue weighted by atomic mass is 79.9. The number of aromatic nitrogens is 1. The zero-order chi connectivity index (χ0) is 19.6. The molecule has 0 unspecified atom stereocenters. The van der Waals surface area contributed by atoms with Crippen molar-refractivity contribution in [2.45, 2.75) is 13.8 Å². The molecule has 0 aliphatic heterocycles. The van der Waals surface area contributed by atoms with Crippen LogP contribution < -0.4 is 14.8 Å². The third-order valence-corrected chi connectivity index (χ3v) is 5.72. The van der Waals surface area contributed by atoms with Crippen LogP contribution in [0.4, 0.5) is 5.13 Å². The van der Waals surface area contributed by atoms with Crippen LogP contribution in [0.5, 0.6) is 11.5 Å². The standard InChI is InChI=1S/C20H19BrN2O3S/c1-11-5-7-16-18(12(11)2)23-20(27-16)22-17(24)8-6-13-9-14(21)19(26-4)15(10-13)25-3/h5-10H,1-4H3,(H,22,23,24)/b8-6+. The fourth-order valence-corrected chi connectivity index (χ4v) is 4.18. The van der Waals surface area contributed by atoms with Gasteiger partial charge in [0, 0.05) is 6.08 Å². The van der Waals surface area contributed by atoms with E-state index in [9.17, 15) is 4.79 Å². The third kappa shape index (κ3) is 4.14. The molecule has 3 rings (SSSR count). The van der Waals surface area contributed by atoms with Crippen molar-refractivity contribution in [1.29, 1.82) is 0 Å². The van der Waals surface area contributed by atoms with Gasteiger partial charge < -0.3 is 9.47 Å². The first-order valence-electron chi connectivity index (χ1n) is 8.20. The highest BCUT2D eigenvalue weighted by Crippen LogP contribution is 2.36. The Hall–Kier alpha value is -2.38. The second-order valence-corrected chi connectivity index (χ2v) is 7.82. The zero-order valence-corrected chi connectivity index (χ0v) is 17.8. The lowest BCUT2D eigenvalue weighted by molar-refractivity contribution is -0.111. The minimum atomic E-state index is -0.241. The van der Waals surface area contributed by atoms with Gasteiger partial charge in [0.1, 0.15) is 0 Å². The molecule has 0 saturated carbocycles. The number of nitrogens with zero attached hydrogens (tertiary/aromatic N) is 1. The number of fused-ring (bicyclic) bond motifs is 1. The van der Waals surface area contributed by atoms with E-state index in [0.29, 0.717) is 16.6 Å². The van der Waals surface area contributed by atoms with Gasteiger partial charge >= 0.3 is 0 Å². The molecule has 7 heteroatoms. The van der Waals surface area contributed by atoms with Gasteiger partial charge in [0.25, 0.3) is 0 Å². The number of nitrogens with one attached hydrogen (secondary N) is 1. The fraction of sp³-hybridized carbons (Fsp3) is 0.200. The number of methoxy groups -OCH3 is 2. The van der Waals surface area contributed by atoms with Crippen LogP contribution in [0.2, 0.25) is 0 Å². The number of aryl methyl sites for hydroxylation is 2. The molecular weight excluding hydrogens is 428 g/mol. The lowest BCUT2D eigenvalue weighted by Crippen LogP contribution is -2.07. The Bertz CT molecular complexity index is 1040. The van der Waals surface area contributed by atoms with Gasteiger partial charge in [-0.3, -0.25) is 10.1 Å². The fourth-order valence-electron chi connectivity index (χ4n) is 2.63. The summed E-state index contributed by atoms with van der Waals surface area (Å²) >= 11 is 4.91. The van der Waals surface area contributed by atoms with Crippen LogP contribution >= 0.6 is 27.3 Å². The number of halogens is 1. The molecular formula is C20H19BrN2O3S. The monoisotopic (exact) mass is 446 g/mol. The van der Waals surface area contributed by atoms with E-state index in [-0.39, 0.29) is 5.91 Å². The summed E-state index contributed by atoms with van der Waals surface area (Å²) in [7, 11) is 3.15.